The minimum absolute atomic E-state index is 0.118. The van der Waals surface area contributed by atoms with Crippen LogP contribution in [0.25, 0.3) is 0 Å². The van der Waals surface area contributed by atoms with E-state index in [0.717, 1.165) is 4.90 Å². The minimum Gasteiger partial charge on any atom is -0.297 e. The molecule has 0 atom stereocenters. The topological polar surface area (TPSA) is 54.5 Å². The smallest absolute Gasteiger partial charge is 0.230 e. The fourth-order valence-corrected chi connectivity index (χ4v) is 2.47. The molecule has 0 N–H and O–H groups in total. The van der Waals surface area contributed by atoms with Crippen LogP contribution in [-0.4, -0.2) is 29.0 Å². The molecule has 0 spiro atoms. The molecule has 1 saturated heterocycles. The number of nitrogens with zero attached hydrogens (tertiary/aromatic N) is 1. The number of Topliss-reactive ketones (excluding diaryl/α,β-unsaturated/α-hetero) is 1. The van der Waals surface area contributed by atoms with E-state index in [2.05, 4.69) is 0 Å². The molecule has 1 fully saturated rings. The Morgan fingerprint density at radius 3 is 2.33 bits per heavy atom. The van der Waals surface area contributed by atoms with Crippen molar-refractivity contribution < 1.29 is 18.8 Å². The van der Waals surface area contributed by atoms with Crippen LogP contribution in [0.2, 0.25) is 0 Å². The molecule has 0 saturated carbocycles. The Balaban J connectivity index is 2.02. The van der Waals surface area contributed by atoms with Crippen molar-refractivity contribution in [3.05, 3.63) is 35.6 Å². The molecule has 0 radical (unpaired) electrons. The number of hydrogen-bond donors (Lipinski definition) is 0. The number of benzene rings is 1. The summed E-state index contributed by atoms with van der Waals surface area (Å²) in [7, 11) is 0. The van der Waals surface area contributed by atoms with Gasteiger partial charge in [-0.25, -0.2) is 4.39 Å². The van der Waals surface area contributed by atoms with Crippen molar-refractivity contribution in [1.82, 2.24) is 4.90 Å². The molecule has 0 aromatic heterocycles. The van der Waals surface area contributed by atoms with Crippen molar-refractivity contribution in [2.45, 2.75) is 33.1 Å². The Morgan fingerprint density at radius 2 is 1.76 bits per heavy atom. The number of amides is 2. The van der Waals surface area contributed by atoms with Gasteiger partial charge < -0.3 is 0 Å². The molecule has 1 aromatic rings. The van der Waals surface area contributed by atoms with Gasteiger partial charge in [-0.1, -0.05) is 32.0 Å². The molecule has 1 aliphatic rings. The lowest BCUT2D eigenvalue weighted by molar-refractivity contribution is -0.154. The van der Waals surface area contributed by atoms with Crippen LogP contribution in [0, 0.1) is 11.2 Å². The van der Waals surface area contributed by atoms with E-state index in [0.29, 0.717) is 0 Å². The second-order valence-corrected chi connectivity index (χ2v) is 6.20. The standard InChI is InChI=1S/C16H18FNO3/c1-16(2)8-14(20)18(15(21)9-16)10-12(19)7-11-5-3-4-6-13(11)17/h3-6H,7-10H2,1-2H3. The molecule has 2 rings (SSSR count). The molecule has 1 aromatic carbocycles. The highest BCUT2D eigenvalue weighted by Crippen LogP contribution is 2.31. The third-order valence-corrected chi connectivity index (χ3v) is 3.54. The summed E-state index contributed by atoms with van der Waals surface area (Å²) in [6, 6.07) is 5.99. The molecule has 0 aliphatic carbocycles. The van der Waals surface area contributed by atoms with E-state index in [1.165, 1.54) is 12.1 Å². The Kier molecular flexibility index (Phi) is 4.21. The van der Waals surface area contributed by atoms with Gasteiger partial charge in [0, 0.05) is 19.3 Å². The van der Waals surface area contributed by atoms with Gasteiger partial charge in [-0.2, -0.15) is 0 Å². The summed E-state index contributed by atoms with van der Waals surface area (Å²) < 4.78 is 13.5. The van der Waals surface area contributed by atoms with Crippen LogP contribution >= 0.6 is 0 Å². The second kappa shape index (κ2) is 5.76. The zero-order chi connectivity index (χ0) is 15.6. The van der Waals surface area contributed by atoms with E-state index in [-0.39, 0.29) is 54.4 Å². The van der Waals surface area contributed by atoms with Gasteiger partial charge in [-0.3, -0.25) is 19.3 Å². The normalized spacial score (nSPS) is 18.0. The summed E-state index contributed by atoms with van der Waals surface area (Å²) in [5.41, 5.74) is -0.0843. The van der Waals surface area contributed by atoms with Gasteiger partial charge in [0.1, 0.15) is 5.82 Å². The molecule has 5 heteroatoms. The van der Waals surface area contributed by atoms with Crippen molar-refractivity contribution in [3.8, 4) is 0 Å². The monoisotopic (exact) mass is 291 g/mol. The summed E-state index contributed by atoms with van der Waals surface area (Å²) in [5, 5.41) is 0. The summed E-state index contributed by atoms with van der Waals surface area (Å²) >= 11 is 0. The highest BCUT2D eigenvalue weighted by Gasteiger charge is 2.37. The summed E-state index contributed by atoms with van der Waals surface area (Å²) in [6.45, 7) is 3.42. The Morgan fingerprint density at radius 1 is 1.19 bits per heavy atom. The number of piperidine rings is 1. The second-order valence-electron chi connectivity index (χ2n) is 6.20. The van der Waals surface area contributed by atoms with Crippen LogP contribution in [-0.2, 0) is 20.8 Å². The fraction of sp³-hybridized carbons (Fsp3) is 0.438. The first-order valence-electron chi connectivity index (χ1n) is 6.87. The number of carbonyl (C=O) groups excluding carboxylic acids is 3. The molecule has 4 nitrogen and oxygen atoms in total. The number of carbonyl (C=O) groups is 3. The van der Waals surface area contributed by atoms with Crippen LogP contribution in [0.4, 0.5) is 4.39 Å². The Bertz CT molecular complexity index is 575. The van der Waals surface area contributed by atoms with Crippen LogP contribution in [0.5, 0.6) is 0 Å². The molecular formula is C16H18FNO3. The quantitative estimate of drug-likeness (QED) is 0.798. The molecule has 2 amide bonds. The largest absolute Gasteiger partial charge is 0.297 e. The lowest BCUT2D eigenvalue weighted by Crippen LogP contribution is -2.48. The summed E-state index contributed by atoms with van der Waals surface area (Å²) in [6.07, 6.45) is 0.366. The van der Waals surface area contributed by atoms with Gasteiger partial charge in [-0.15, -0.1) is 0 Å². The number of hydrogen-bond acceptors (Lipinski definition) is 3. The molecule has 1 heterocycles. The van der Waals surface area contributed by atoms with Crippen molar-refractivity contribution in [2.75, 3.05) is 6.54 Å². The van der Waals surface area contributed by atoms with Gasteiger partial charge in [0.15, 0.2) is 5.78 Å². The average molecular weight is 291 g/mol. The predicted molar refractivity (Wildman–Crippen MR) is 74.8 cm³/mol. The highest BCUT2D eigenvalue weighted by atomic mass is 19.1. The molecule has 0 bridgehead atoms. The molecular weight excluding hydrogens is 273 g/mol. The molecule has 112 valence electrons. The molecule has 1 aliphatic heterocycles. The fourth-order valence-electron chi connectivity index (χ4n) is 2.47. The van der Waals surface area contributed by atoms with Gasteiger partial charge >= 0.3 is 0 Å². The molecule has 21 heavy (non-hydrogen) atoms. The van der Waals surface area contributed by atoms with E-state index in [4.69, 9.17) is 0 Å². The molecule has 0 unspecified atom stereocenters. The number of likely N-dealkylation sites (tertiary alicyclic amines) is 1. The van der Waals surface area contributed by atoms with E-state index < -0.39 is 5.82 Å². The van der Waals surface area contributed by atoms with E-state index in [9.17, 15) is 18.8 Å². The third kappa shape index (κ3) is 3.74. The van der Waals surface area contributed by atoms with E-state index in [1.807, 2.05) is 13.8 Å². The number of rotatable bonds is 4. The third-order valence-electron chi connectivity index (χ3n) is 3.54. The van der Waals surface area contributed by atoms with Crippen LogP contribution < -0.4 is 0 Å². The van der Waals surface area contributed by atoms with E-state index in [1.54, 1.807) is 12.1 Å². The van der Waals surface area contributed by atoms with Gasteiger partial charge in [0.25, 0.3) is 0 Å². The minimum atomic E-state index is -0.455. The maximum absolute atomic E-state index is 13.5. The van der Waals surface area contributed by atoms with Crippen LogP contribution in [0.15, 0.2) is 24.3 Å². The van der Waals surface area contributed by atoms with E-state index >= 15 is 0 Å². The van der Waals surface area contributed by atoms with Crippen LogP contribution in [0.1, 0.15) is 32.3 Å². The summed E-state index contributed by atoms with van der Waals surface area (Å²) in [4.78, 5) is 36.9. The zero-order valence-electron chi connectivity index (χ0n) is 12.2. The van der Waals surface area contributed by atoms with Gasteiger partial charge in [0.2, 0.25) is 11.8 Å². The first kappa shape index (κ1) is 15.4. The van der Waals surface area contributed by atoms with Crippen molar-refractivity contribution in [2.24, 2.45) is 5.41 Å². The van der Waals surface area contributed by atoms with Crippen molar-refractivity contribution >= 4 is 17.6 Å². The first-order valence-corrected chi connectivity index (χ1v) is 6.87. The zero-order valence-corrected chi connectivity index (χ0v) is 12.2. The Labute approximate surface area is 122 Å². The average Bonchev–Trinajstić information content (AvgIpc) is 2.35. The lowest BCUT2D eigenvalue weighted by atomic mass is 9.81. The maximum atomic E-state index is 13.5. The maximum Gasteiger partial charge on any atom is 0.230 e. The SMILES string of the molecule is CC1(C)CC(=O)N(CC(=O)Cc2ccccc2F)C(=O)C1. The predicted octanol–water partition coefficient (Wildman–Crippen LogP) is 2.11. The highest BCUT2D eigenvalue weighted by molar-refractivity contribution is 6.02. The van der Waals surface area contributed by atoms with Crippen LogP contribution in [0.3, 0.4) is 0 Å². The summed E-state index contributed by atoms with van der Waals surface area (Å²) in [5.74, 6) is -1.47. The Hall–Kier alpha value is -2.04. The van der Waals surface area contributed by atoms with Gasteiger partial charge in [-0.05, 0) is 17.0 Å². The lowest BCUT2D eigenvalue weighted by Gasteiger charge is -2.34. The van der Waals surface area contributed by atoms with Crippen molar-refractivity contribution in [1.29, 1.82) is 0 Å². The van der Waals surface area contributed by atoms with Gasteiger partial charge in [0.05, 0.1) is 6.54 Å². The number of halogens is 1. The van der Waals surface area contributed by atoms with Crippen molar-refractivity contribution in [3.63, 3.8) is 0 Å². The number of imide groups is 1. The number of ketones is 1. The first-order chi connectivity index (χ1) is 9.78.